The molecule has 0 saturated carbocycles. The molecule has 0 aliphatic heterocycles. The Morgan fingerprint density at radius 2 is 2.06 bits per heavy atom. The Hall–Kier alpha value is -1.22. The van der Waals surface area contributed by atoms with Gasteiger partial charge in [0.1, 0.15) is 5.75 Å². The number of benzene rings is 1. The van der Waals surface area contributed by atoms with Gasteiger partial charge in [-0.05, 0) is 31.4 Å². The van der Waals surface area contributed by atoms with Crippen molar-refractivity contribution >= 4 is 17.5 Å². The third kappa shape index (κ3) is 3.91. The molecular formula is C14H20ClNO2. The van der Waals surface area contributed by atoms with Gasteiger partial charge in [0.05, 0.1) is 5.56 Å². The number of nitrogens with zero attached hydrogens (tertiary/aromatic N) is 1. The lowest BCUT2D eigenvalue weighted by molar-refractivity contribution is 0.0789. The van der Waals surface area contributed by atoms with Crippen LogP contribution < -0.4 is 0 Å². The van der Waals surface area contributed by atoms with Crippen LogP contribution in [0.15, 0.2) is 18.2 Å². The van der Waals surface area contributed by atoms with Crippen molar-refractivity contribution in [3.63, 3.8) is 0 Å². The molecule has 100 valence electrons. The van der Waals surface area contributed by atoms with E-state index in [-0.39, 0.29) is 11.7 Å². The number of hydrogen-bond donors (Lipinski definition) is 1. The Labute approximate surface area is 113 Å². The number of carbonyl (C=O) groups is 1. The number of hydrogen-bond acceptors (Lipinski definition) is 2. The van der Waals surface area contributed by atoms with Crippen LogP contribution in [0.4, 0.5) is 0 Å². The summed E-state index contributed by atoms with van der Waals surface area (Å²) in [6.07, 6.45) is 2.92. The van der Waals surface area contributed by atoms with Gasteiger partial charge in [0.15, 0.2) is 0 Å². The number of amides is 1. The van der Waals surface area contributed by atoms with Crippen molar-refractivity contribution in [3.05, 3.63) is 29.3 Å². The van der Waals surface area contributed by atoms with E-state index >= 15 is 0 Å². The Balaban J connectivity index is 2.60. The predicted octanol–water partition coefficient (Wildman–Crippen LogP) is 3.18. The number of aromatic hydroxyl groups is 1. The van der Waals surface area contributed by atoms with Crippen molar-refractivity contribution in [2.24, 2.45) is 0 Å². The fraction of sp³-hybridized carbons (Fsp3) is 0.500. The zero-order valence-corrected chi connectivity index (χ0v) is 11.7. The van der Waals surface area contributed by atoms with Gasteiger partial charge >= 0.3 is 0 Å². The van der Waals surface area contributed by atoms with Crippen LogP contribution in [0.3, 0.4) is 0 Å². The number of phenols is 1. The molecule has 0 aliphatic rings. The molecule has 0 aromatic heterocycles. The number of rotatable bonds is 6. The lowest BCUT2D eigenvalue weighted by atomic mass is 10.1. The Bertz CT molecular complexity index is 407. The molecule has 0 unspecified atom stereocenters. The van der Waals surface area contributed by atoms with E-state index in [9.17, 15) is 9.90 Å². The summed E-state index contributed by atoms with van der Waals surface area (Å²) in [5.41, 5.74) is 1.09. The van der Waals surface area contributed by atoms with Gasteiger partial charge in [-0.3, -0.25) is 4.79 Å². The SMILES string of the molecule is Cc1cccc(C(=O)N(C)CCCCCCl)c1O. The van der Waals surface area contributed by atoms with Gasteiger partial charge in [-0.25, -0.2) is 0 Å². The standard InChI is InChI=1S/C14H20ClNO2/c1-11-7-6-8-12(13(11)17)14(18)16(2)10-5-3-4-9-15/h6-8,17H,3-5,9-10H2,1-2H3. The maximum Gasteiger partial charge on any atom is 0.257 e. The molecule has 1 rings (SSSR count). The van der Waals surface area contributed by atoms with Crippen molar-refractivity contribution in [1.29, 1.82) is 0 Å². The van der Waals surface area contributed by atoms with Crippen LogP contribution in [0.5, 0.6) is 5.75 Å². The Kier molecular flexibility index (Phi) is 5.99. The van der Waals surface area contributed by atoms with Crippen LogP contribution in [0, 0.1) is 6.92 Å². The van der Waals surface area contributed by atoms with E-state index in [0.717, 1.165) is 24.8 Å². The van der Waals surface area contributed by atoms with Gasteiger partial charge in [0.2, 0.25) is 0 Å². The second kappa shape index (κ2) is 7.27. The zero-order chi connectivity index (χ0) is 13.5. The Morgan fingerprint density at radius 3 is 2.72 bits per heavy atom. The third-order valence-electron chi connectivity index (χ3n) is 2.94. The van der Waals surface area contributed by atoms with Crippen molar-refractivity contribution in [2.45, 2.75) is 26.2 Å². The number of para-hydroxylation sites is 1. The monoisotopic (exact) mass is 269 g/mol. The summed E-state index contributed by atoms with van der Waals surface area (Å²) in [7, 11) is 1.75. The third-order valence-corrected chi connectivity index (χ3v) is 3.21. The first kappa shape index (κ1) is 14.8. The normalized spacial score (nSPS) is 10.4. The largest absolute Gasteiger partial charge is 0.507 e. The van der Waals surface area contributed by atoms with Crippen molar-refractivity contribution in [2.75, 3.05) is 19.5 Å². The quantitative estimate of drug-likeness (QED) is 0.636. The van der Waals surface area contributed by atoms with E-state index in [4.69, 9.17) is 11.6 Å². The van der Waals surface area contributed by atoms with Crippen molar-refractivity contribution in [1.82, 2.24) is 4.90 Å². The number of carbonyl (C=O) groups excluding carboxylic acids is 1. The van der Waals surface area contributed by atoms with E-state index in [0.29, 0.717) is 18.0 Å². The highest BCUT2D eigenvalue weighted by Gasteiger charge is 2.16. The van der Waals surface area contributed by atoms with Gasteiger partial charge < -0.3 is 10.0 Å². The summed E-state index contributed by atoms with van der Waals surface area (Å²) in [4.78, 5) is 13.8. The first-order chi connectivity index (χ1) is 8.57. The van der Waals surface area contributed by atoms with Crippen molar-refractivity contribution in [3.8, 4) is 5.75 Å². The Morgan fingerprint density at radius 1 is 1.33 bits per heavy atom. The number of aryl methyl sites for hydroxylation is 1. The van der Waals surface area contributed by atoms with E-state index < -0.39 is 0 Å². The van der Waals surface area contributed by atoms with Crippen LogP contribution in [-0.4, -0.2) is 35.4 Å². The summed E-state index contributed by atoms with van der Waals surface area (Å²) in [6, 6.07) is 5.22. The second-order valence-electron chi connectivity index (χ2n) is 4.45. The summed E-state index contributed by atoms with van der Waals surface area (Å²) >= 11 is 5.60. The van der Waals surface area contributed by atoms with Gasteiger partial charge in [-0.15, -0.1) is 11.6 Å². The zero-order valence-electron chi connectivity index (χ0n) is 10.9. The second-order valence-corrected chi connectivity index (χ2v) is 4.83. The molecule has 0 saturated heterocycles. The van der Waals surface area contributed by atoms with E-state index in [2.05, 4.69) is 0 Å². The molecule has 0 radical (unpaired) electrons. The first-order valence-electron chi connectivity index (χ1n) is 6.18. The van der Waals surface area contributed by atoms with E-state index in [1.165, 1.54) is 0 Å². The van der Waals surface area contributed by atoms with Crippen LogP contribution in [0.2, 0.25) is 0 Å². The predicted molar refractivity (Wildman–Crippen MR) is 74.4 cm³/mol. The molecule has 0 aliphatic carbocycles. The van der Waals surface area contributed by atoms with Gasteiger partial charge in [0, 0.05) is 19.5 Å². The average Bonchev–Trinajstić information content (AvgIpc) is 2.37. The molecule has 0 atom stereocenters. The van der Waals surface area contributed by atoms with Crippen molar-refractivity contribution < 1.29 is 9.90 Å². The molecule has 1 aromatic rings. The lowest BCUT2D eigenvalue weighted by Gasteiger charge is -2.18. The minimum atomic E-state index is -0.137. The molecule has 4 heteroatoms. The van der Waals surface area contributed by atoms with Crippen LogP contribution in [-0.2, 0) is 0 Å². The fourth-order valence-electron chi connectivity index (χ4n) is 1.76. The maximum atomic E-state index is 12.1. The minimum Gasteiger partial charge on any atom is -0.507 e. The fourth-order valence-corrected chi connectivity index (χ4v) is 1.95. The van der Waals surface area contributed by atoms with Gasteiger partial charge in [-0.1, -0.05) is 18.6 Å². The molecule has 0 spiro atoms. The number of alkyl halides is 1. The molecular weight excluding hydrogens is 250 g/mol. The lowest BCUT2D eigenvalue weighted by Crippen LogP contribution is -2.27. The number of phenolic OH excluding ortho intramolecular Hbond substituents is 1. The topological polar surface area (TPSA) is 40.5 Å². The number of halogens is 1. The van der Waals surface area contributed by atoms with E-state index in [1.807, 2.05) is 0 Å². The highest BCUT2D eigenvalue weighted by atomic mass is 35.5. The molecule has 0 fully saturated rings. The minimum absolute atomic E-state index is 0.0788. The van der Waals surface area contributed by atoms with E-state index in [1.54, 1.807) is 37.1 Å². The molecule has 1 aromatic carbocycles. The first-order valence-corrected chi connectivity index (χ1v) is 6.71. The molecule has 18 heavy (non-hydrogen) atoms. The highest BCUT2D eigenvalue weighted by molar-refractivity contribution is 6.17. The maximum absolute atomic E-state index is 12.1. The molecule has 0 bridgehead atoms. The summed E-state index contributed by atoms with van der Waals surface area (Å²) < 4.78 is 0. The van der Waals surface area contributed by atoms with Gasteiger partial charge in [-0.2, -0.15) is 0 Å². The smallest absolute Gasteiger partial charge is 0.257 e. The highest BCUT2D eigenvalue weighted by Crippen LogP contribution is 2.22. The number of unbranched alkanes of at least 4 members (excludes halogenated alkanes) is 2. The van der Waals surface area contributed by atoms with Gasteiger partial charge in [0.25, 0.3) is 5.91 Å². The molecule has 0 heterocycles. The summed E-state index contributed by atoms with van der Waals surface area (Å²) in [6.45, 7) is 2.47. The molecule has 1 amide bonds. The molecule has 3 nitrogen and oxygen atoms in total. The summed E-state index contributed by atoms with van der Waals surface area (Å²) in [5.74, 6) is 0.605. The average molecular weight is 270 g/mol. The van der Waals surface area contributed by atoms with Crippen LogP contribution in [0.1, 0.15) is 35.2 Å². The van der Waals surface area contributed by atoms with Crippen LogP contribution in [0.25, 0.3) is 0 Å². The van der Waals surface area contributed by atoms with Crippen LogP contribution >= 0.6 is 11.6 Å². The molecule has 1 N–H and O–H groups in total. The summed E-state index contributed by atoms with van der Waals surface area (Å²) in [5, 5.41) is 9.86.